The van der Waals surface area contributed by atoms with E-state index in [2.05, 4.69) is 15.6 Å². The highest BCUT2D eigenvalue weighted by Crippen LogP contribution is 2.26. The normalized spacial score (nSPS) is 19.3. The Kier molecular flexibility index (Phi) is 7.59. The van der Waals surface area contributed by atoms with Crippen molar-refractivity contribution < 1.29 is 13.0 Å². The van der Waals surface area contributed by atoms with Crippen LogP contribution in [0.1, 0.15) is 34.1 Å². The lowest BCUT2D eigenvalue weighted by molar-refractivity contribution is 0.576. The van der Waals surface area contributed by atoms with Gasteiger partial charge < -0.3 is 15.5 Å². The van der Waals surface area contributed by atoms with Gasteiger partial charge in [0.25, 0.3) is 0 Å². The predicted molar refractivity (Wildman–Crippen MR) is 109 cm³/mol. The number of aliphatic imine (C=N–C) groups is 1. The van der Waals surface area contributed by atoms with Crippen LogP contribution in [0.25, 0.3) is 0 Å². The molecule has 1 aliphatic rings. The standard InChI is InChI=1S/C19H30F2N4OS/c1-5-22-18(23-10-12-27(26)19(2,3)4)24-14-9-11-25(13-14)17-15(20)7-6-8-16(17)21/h6-8,14H,5,9-13H2,1-4H3,(H2,22,23,24). The zero-order chi connectivity index (χ0) is 20.0. The summed E-state index contributed by atoms with van der Waals surface area (Å²) in [4.78, 5) is 6.22. The number of nitrogens with zero attached hydrogens (tertiary/aromatic N) is 2. The van der Waals surface area contributed by atoms with Crippen LogP contribution in [0.15, 0.2) is 23.2 Å². The summed E-state index contributed by atoms with van der Waals surface area (Å²) < 4.78 is 39.9. The predicted octanol–water partition coefficient (Wildman–Crippen LogP) is 2.65. The Balaban J connectivity index is 1.95. The van der Waals surface area contributed by atoms with Crippen LogP contribution in [0.5, 0.6) is 0 Å². The van der Waals surface area contributed by atoms with Gasteiger partial charge in [-0.15, -0.1) is 0 Å². The van der Waals surface area contributed by atoms with Crippen LogP contribution in [0, 0.1) is 11.6 Å². The third-order valence-electron chi connectivity index (χ3n) is 4.36. The quantitative estimate of drug-likeness (QED) is 0.569. The minimum Gasteiger partial charge on any atom is -0.365 e. The van der Waals surface area contributed by atoms with Crippen LogP contribution in [-0.4, -0.2) is 52.9 Å². The molecular weight excluding hydrogens is 370 g/mol. The zero-order valence-corrected chi connectivity index (χ0v) is 17.3. The topological polar surface area (TPSA) is 56.7 Å². The highest BCUT2D eigenvalue weighted by molar-refractivity contribution is 7.86. The van der Waals surface area contributed by atoms with Crippen LogP contribution >= 0.6 is 0 Å². The van der Waals surface area contributed by atoms with E-state index in [1.165, 1.54) is 18.2 Å². The number of hydrogen-bond acceptors (Lipinski definition) is 3. The molecule has 5 nitrogen and oxygen atoms in total. The van der Waals surface area contributed by atoms with E-state index >= 15 is 0 Å². The molecule has 0 saturated carbocycles. The van der Waals surface area contributed by atoms with Gasteiger partial charge in [0.15, 0.2) is 5.96 Å². The van der Waals surface area contributed by atoms with Gasteiger partial charge in [0.2, 0.25) is 0 Å². The minimum absolute atomic E-state index is 0.0318. The summed E-state index contributed by atoms with van der Waals surface area (Å²) in [5.74, 6) is 0.0585. The third kappa shape index (κ3) is 6.16. The Morgan fingerprint density at radius 3 is 2.59 bits per heavy atom. The van der Waals surface area contributed by atoms with E-state index in [4.69, 9.17) is 0 Å². The molecular formula is C19H30F2N4OS. The van der Waals surface area contributed by atoms with Crippen molar-refractivity contribution in [3.8, 4) is 0 Å². The second-order valence-electron chi connectivity index (χ2n) is 7.57. The fraction of sp³-hybridized carbons (Fsp3) is 0.632. The Morgan fingerprint density at radius 1 is 1.33 bits per heavy atom. The first kappa shape index (κ1) is 21.6. The Morgan fingerprint density at radius 2 is 2.00 bits per heavy atom. The largest absolute Gasteiger partial charge is 0.365 e. The molecule has 0 aliphatic carbocycles. The molecule has 8 heteroatoms. The van der Waals surface area contributed by atoms with Crippen molar-refractivity contribution in [2.75, 3.05) is 36.8 Å². The van der Waals surface area contributed by atoms with Crippen LogP contribution < -0.4 is 15.5 Å². The van der Waals surface area contributed by atoms with E-state index in [9.17, 15) is 13.0 Å². The molecule has 1 heterocycles. The van der Waals surface area contributed by atoms with Gasteiger partial charge >= 0.3 is 0 Å². The molecule has 27 heavy (non-hydrogen) atoms. The highest BCUT2D eigenvalue weighted by atomic mass is 32.2. The third-order valence-corrected chi connectivity index (χ3v) is 6.28. The number of halogens is 2. The number of para-hydroxylation sites is 1. The van der Waals surface area contributed by atoms with Gasteiger partial charge in [-0.25, -0.2) is 8.78 Å². The molecule has 2 rings (SSSR count). The van der Waals surface area contributed by atoms with Crippen molar-refractivity contribution in [3.05, 3.63) is 29.8 Å². The van der Waals surface area contributed by atoms with E-state index in [1.807, 2.05) is 27.7 Å². The van der Waals surface area contributed by atoms with Gasteiger partial charge in [-0.3, -0.25) is 9.20 Å². The van der Waals surface area contributed by atoms with E-state index in [0.29, 0.717) is 37.9 Å². The highest BCUT2D eigenvalue weighted by Gasteiger charge is 2.27. The van der Waals surface area contributed by atoms with Gasteiger partial charge in [0.05, 0.1) is 6.54 Å². The molecule has 0 radical (unpaired) electrons. The minimum atomic E-state index is -0.952. The Bertz CT molecular complexity index is 671. The van der Waals surface area contributed by atoms with Crippen LogP contribution in [-0.2, 0) is 10.8 Å². The smallest absolute Gasteiger partial charge is 0.191 e. The molecule has 152 valence electrons. The maximum absolute atomic E-state index is 14.0. The first-order valence-electron chi connectivity index (χ1n) is 9.34. The number of guanidine groups is 1. The SMILES string of the molecule is CCNC(=NCCS(=O)C(C)(C)C)NC1CCN(c2c(F)cccc2F)C1. The average molecular weight is 401 g/mol. The maximum Gasteiger partial charge on any atom is 0.191 e. The van der Waals surface area contributed by atoms with Crippen molar-refractivity contribution in [1.29, 1.82) is 0 Å². The van der Waals surface area contributed by atoms with Crippen LogP contribution in [0.3, 0.4) is 0 Å². The number of hydrogen-bond donors (Lipinski definition) is 2. The zero-order valence-electron chi connectivity index (χ0n) is 16.5. The average Bonchev–Trinajstić information content (AvgIpc) is 3.02. The summed E-state index contributed by atoms with van der Waals surface area (Å²) in [5, 5.41) is 6.49. The number of benzene rings is 1. The van der Waals surface area contributed by atoms with E-state index in [-0.39, 0.29) is 16.5 Å². The molecule has 0 spiro atoms. The molecule has 1 aromatic rings. The van der Waals surface area contributed by atoms with E-state index in [0.717, 1.165) is 6.42 Å². The molecule has 1 aromatic carbocycles. The van der Waals surface area contributed by atoms with Crippen molar-refractivity contribution >= 4 is 22.4 Å². The van der Waals surface area contributed by atoms with Gasteiger partial charge in [-0.2, -0.15) is 0 Å². The summed E-state index contributed by atoms with van der Waals surface area (Å²) in [6.45, 7) is 10.0. The van der Waals surface area contributed by atoms with Gasteiger partial charge in [0.1, 0.15) is 17.3 Å². The number of nitrogens with one attached hydrogen (secondary N) is 2. The van der Waals surface area contributed by atoms with E-state index < -0.39 is 22.4 Å². The van der Waals surface area contributed by atoms with Gasteiger partial charge in [-0.05, 0) is 46.2 Å². The second kappa shape index (κ2) is 9.48. The lowest BCUT2D eigenvalue weighted by Crippen LogP contribution is -2.45. The van der Waals surface area contributed by atoms with Crippen molar-refractivity contribution in [2.24, 2.45) is 4.99 Å². The van der Waals surface area contributed by atoms with Crippen molar-refractivity contribution in [3.63, 3.8) is 0 Å². The molecule has 1 fully saturated rings. The summed E-state index contributed by atoms with van der Waals surface area (Å²) in [6.07, 6.45) is 0.756. The van der Waals surface area contributed by atoms with Gasteiger partial charge in [-0.1, -0.05) is 6.07 Å². The van der Waals surface area contributed by atoms with Gasteiger partial charge in [0, 0.05) is 47.0 Å². The number of rotatable bonds is 6. The fourth-order valence-electron chi connectivity index (χ4n) is 2.93. The first-order valence-corrected chi connectivity index (χ1v) is 10.7. The Labute approximate surface area is 163 Å². The summed E-state index contributed by atoms with van der Waals surface area (Å²) in [6, 6.07) is 3.97. The first-order chi connectivity index (χ1) is 12.7. The molecule has 2 N–H and O–H groups in total. The molecule has 0 amide bonds. The number of anilines is 1. The summed E-state index contributed by atoms with van der Waals surface area (Å²) in [5.41, 5.74) is 0.0318. The van der Waals surface area contributed by atoms with Crippen molar-refractivity contribution in [2.45, 2.75) is 44.9 Å². The molecule has 2 unspecified atom stereocenters. The van der Waals surface area contributed by atoms with Crippen LogP contribution in [0.4, 0.5) is 14.5 Å². The molecule has 0 aromatic heterocycles. The summed E-state index contributed by atoms with van der Waals surface area (Å²) in [7, 11) is -0.952. The van der Waals surface area contributed by atoms with E-state index in [1.54, 1.807) is 4.90 Å². The lowest BCUT2D eigenvalue weighted by Gasteiger charge is -2.21. The second-order valence-corrected chi connectivity index (χ2v) is 9.89. The lowest BCUT2D eigenvalue weighted by atomic mass is 10.2. The maximum atomic E-state index is 14.0. The summed E-state index contributed by atoms with van der Waals surface area (Å²) >= 11 is 0. The molecule has 2 atom stereocenters. The fourth-order valence-corrected chi connectivity index (χ4v) is 3.80. The molecule has 1 saturated heterocycles. The monoisotopic (exact) mass is 400 g/mol. The van der Waals surface area contributed by atoms with Crippen molar-refractivity contribution in [1.82, 2.24) is 10.6 Å². The van der Waals surface area contributed by atoms with Crippen LogP contribution in [0.2, 0.25) is 0 Å². The molecule has 0 bridgehead atoms. The molecule has 1 aliphatic heterocycles. The Hall–Kier alpha value is -1.70.